The molecular formula is C25H27F4N7S. The second-order valence-corrected chi connectivity index (χ2v) is 11.3. The van der Waals surface area contributed by atoms with Crippen LogP contribution >= 0.6 is 11.8 Å². The molecule has 1 saturated carbocycles. The van der Waals surface area contributed by atoms with E-state index in [1.54, 1.807) is 18.1 Å². The Morgan fingerprint density at radius 3 is 2.89 bits per heavy atom. The molecule has 3 atom stereocenters. The van der Waals surface area contributed by atoms with Crippen LogP contribution in [-0.2, 0) is 6.18 Å². The summed E-state index contributed by atoms with van der Waals surface area (Å²) >= 11 is 1.80. The van der Waals surface area contributed by atoms with Crippen molar-refractivity contribution in [2.75, 3.05) is 32.4 Å². The molecule has 2 aliphatic heterocycles. The zero-order valence-electron chi connectivity index (χ0n) is 20.2. The molecule has 2 aromatic heterocycles. The number of aromatic nitrogens is 3. The molecule has 0 amide bonds. The number of thioether (sulfide) groups is 1. The van der Waals surface area contributed by atoms with Crippen LogP contribution < -0.4 is 5.43 Å². The van der Waals surface area contributed by atoms with Gasteiger partial charge in [-0.3, -0.25) is 9.83 Å². The predicted molar refractivity (Wildman–Crippen MR) is 134 cm³/mol. The van der Waals surface area contributed by atoms with E-state index in [1.165, 1.54) is 6.07 Å². The zero-order chi connectivity index (χ0) is 25.8. The molecule has 3 unspecified atom stereocenters. The fraction of sp³-hybridized carbons (Fsp3) is 0.480. The number of rotatable bonds is 7. The molecule has 6 rings (SSSR count). The Morgan fingerprint density at radius 2 is 2.08 bits per heavy atom. The SMILES string of the molecule is CN1C(c2ccn3cnnc3c2)=NNC1SCCCN1CCC2(CC2c2ccc(C(F)(F)F)cc2F)C1. The maximum Gasteiger partial charge on any atom is 0.416 e. The van der Waals surface area contributed by atoms with Crippen LogP contribution in [0, 0.1) is 11.2 Å². The molecule has 1 aliphatic carbocycles. The number of hydrazone groups is 1. The number of likely N-dealkylation sites (tertiary alicyclic amines) is 1. The number of nitrogens with one attached hydrogen (secondary N) is 1. The van der Waals surface area contributed by atoms with Gasteiger partial charge in [0.1, 0.15) is 12.1 Å². The molecule has 0 radical (unpaired) electrons. The second-order valence-electron chi connectivity index (χ2n) is 10.1. The fourth-order valence-electron chi connectivity index (χ4n) is 5.65. The van der Waals surface area contributed by atoms with Gasteiger partial charge in [-0.15, -0.1) is 22.0 Å². The van der Waals surface area contributed by atoms with Crippen molar-refractivity contribution < 1.29 is 17.6 Å². The van der Waals surface area contributed by atoms with Gasteiger partial charge in [0.05, 0.1) is 5.56 Å². The molecule has 196 valence electrons. The van der Waals surface area contributed by atoms with E-state index in [4.69, 9.17) is 0 Å². The van der Waals surface area contributed by atoms with Gasteiger partial charge in [-0.05, 0) is 79.3 Å². The van der Waals surface area contributed by atoms with E-state index in [-0.39, 0.29) is 16.8 Å². The first-order chi connectivity index (χ1) is 17.7. The zero-order valence-corrected chi connectivity index (χ0v) is 21.1. The molecule has 0 bridgehead atoms. The number of hydrogen-bond donors (Lipinski definition) is 1. The van der Waals surface area contributed by atoms with E-state index in [1.807, 2.05) is 29.8 Å². The maximum absolute atomic E-state index is 14.5. The lowest BCUT2D eigenvalue weighted by Crippen LogP contribution is -2.35. The summed E-state index contributed by atoms with van der Waals surface area (Å²) in [7, 11) is 2.02. The van der Waals surface area contributed by atoms with Crippen molar-refractivity contribution in [2.24, 2.45) is 10.5 Å². The summed E-state index contributed by atoms with van der Waals surface area (Å²) in [6, 6.07) is 6.93. The van der Waals surface area contributed by atoms with Crippen LogP contribution in [0.1, 0.15) is 41.9 Å². The number of pyridine rings is 1. The number of alkyl halides is 3. The molecule has 1 saturated heterocycles. The number of hydrogen-bond acceptors (Lipinski definition) is 7. The lowest BCUT2D eigenvalue weighted by atomic mass is 9.97. The summed E-state index contributed by atoms with van der Waals surface area (Å²) < 4.78 is 55.0. The Balaban J connectivity index is 0.963. The predicted octanol–water partition coefficient (Wildman–Crippen LogP) is 4.37. The smallest absolute Gasteiger partial charge is 0.328 e. The van der Waals surface area contributed by atoms with Crippen molar-refractivity contribution in [1.82, 2.24) is 29.8 Å². The van der Waals surface area contributed by atoms with Gasteiger partial charge in [0.15, 0.2) is 17.0 Å². The molecule has 3 aromatic rings. The maximum atomic E-state index is 14.5. The molecule has 1 N–H and O–H groups in total. The average Bonchev–Trinajstić information content (AvgIpc) is 3.19. The van der Waals surface area contributed by atoms with Crippen molar-refractivity contribution in [3.05, 3.63) is 65.4 Å². The lowest BCUT2D eigenvalue weighted by Gasteiger charge is -2.22. The molecule has 7 nitrogen and oxygen atoms in total. The molecule has 2 fully saturated rings. The number of benzene rings is 1. The van der Waals surface area contributed by atoms with E-state index in [2.05, 4.69) is 30.5 Å². The molecular weight excluding hydrogens is 506 g/mol. The van der Waals surface area contributed by atoms with Crippen LogP contribution in [0.5, 0.6) is 0 Å². The van der Waals surface area contributed by atoms with Crippen LogP contribution in [0.2, 0.25) is 0 Å². The Labute approximate surface area is 215 Å². The third-order valence-corrected chi connectivity index (χ3v) is 9.04. The van der Waals surface area contributed by atoms with Crippen molar-refractivity contribution >= 4 is 23.2 Å². The van der Waals surface area contributed by atoms with Crippen LogP contribution in [0.3, 0.4) is 0 Å². The van der Waals surface area contributed by atoms with Crippen molar-refractivity contribution in [3.63, 3.8) is 0 Å². The fourth-order valence-corrected chi connectivity index (χ4v) is 6.62. The first-order valence-corrected chi connectivity index (χ1v) is 13.3. The number of nitrogens with zero attached hydrogens (tertiary/aromatic N) is 6. The van der Waals surface area contributed by atoms with E-state index >= 15 is 0 Å². The van der Waals surface area contributed by atoms with Crippen molar-refractivity contribution in [3.8, 4) is 0 Å². The number of fused-ring (bicyclic) bond motifs is 1. The van der Waals surface area contributed by atoms with E-state index in [9.17, 15) is 17.6 Å². The van der Waals surface area contributed by atoms with Gasteiger partial charge in [-0.2, -0.15) is 18.3 Å². The normalized spacial score (nSPS) is 25.8. The van der Waals surface area contributed by atoms with Crippen molar-refractivity contribution in [1.29, 1.82) is 0 Å². The van der Waals surface area contributed by atoms with Crippen LogP contribution in [0.25, 0.3) is 5.65 Å². The third kappa shape index (κ3) is 4.65. The minimum atomic E-state index is -4.52. The van der Waals surface area contributed by atoms with E-state index in [0.717, 1.165) is 67.8 Å². The van der Waals surface area contributed by atoms with Crippen LogP contribution in [0.4, 0.5) is 17.6 Å². The molecule has 1 spiro atoms. The monoisotopic (exact) mass is 533 g/mol. The van der Waals surface area contributed by atoms with Gasteiger partial charge in [0.25, 0.3) is 0 Å². The van der Waals surface area contributed by atoms with Gasteiger partial charge in [-0.25, -0.2) is 4.39 Å². The highest BCUT2D eigenvalue weighted by Gasteiger charge is 2.58. The molecule has 37 heavy (non-hydrogen) atoms. The van der Waals surface area contributed by atoms with E-state index < -0.39 is 17.6 Å². The Morgan fingerprint density at radius 1 is 1.22 bits per heavy atom. The van der Waals surface area contributed by atoms with Crippen molar-refractivity contribution in [2.45, 2.75) is 36.9 Å². The minimum Gasteiger partial charge on any atom is -0.328 e. The van der Waals surface area contributed by atoms with Gasteiger partial charge in [0, 0.05) is 25.4 Å². The lowest BCUT2D eigenvalue weighted by molar-refractivity contribution is -0.137. The quantitative estimate of drug-likeness (QED) is 0.360. The first kappa shape index (κ1) is 24.5. The summed E-state index contributed by atoms with van der Waals surface area (Å²) in [6.07, 6.45) is 1.87. The minimum absolute atomic E-state index is 0.00910. The topological polar surface area (TPSA) is 61.1 Å². The Kier molecular flexibility index (Phi) is 6.06. The highest BCUT2D eigenvalue weighted by Crippen LogP contribution is 2.64. The number of amidine groups is 1. The second kappa shape index (κ2) is 9.16. The van der Waals surface area contributed by atoms with Gasteiger partial charge in [-0.1, -0.05) is 6.07 Å². The summed E-state index contributed by atoms with van der Waals surface area (Å²) in [5.41, 5.74) is 4.51. The van der Waals surface area contributed by atoms with Crippen LogP contribution in [-0.4, -0.2) is 68.2 Å². The van der Waals surface area contributed by atoms with Gasteiger partial charge in [0.2, 0.25) is 0 Å². The summed E-state index contributed by atoms with van der Waals surface area (Å²) in [4.78, 5) is 4.52. The first-order valence-electron chi connectivity index (χ1n) is 12.3. The van der Waals surface area contributed by atoms with Gasteiger partial charge >= 0.3 is 6.18 Å². The molecule has 1 aromatic carbocycles. The Hall–Kier alpha value is -2.86. The standard InChI is InChI=1S/C25H27F4N7S/c1-34-22(16-5-8-36-15-30-31-21(36)11-16)32-33-23(34)37-10-2-7-35-9-6-24(14-35)13-19(24)18-4-3-17(12-20(18)26)25(27,28)29/h3-5,8,11-12,15,19,23,33H,2,6-7,9-10,13-14H2,1H3. The molecule has 4 heterocycles. The number of halogens is 4. The highest BCUT2D eigenvalue weighted by molar-refractivity contribution is 7.99. The largest absolute Gasteiger partial charge is 0.416 e. The van der Waals surface area contributed by atoms with Gasteiger partial charge < -0.3 is 9.80 Å². The summed E-state index contributed by atoms with van der Waals surface area (Å²) in [5.74, 6) is 1.09. The molecule has 12 heteroatoms. The summed E-state index contributed by atoms with van der Waals surface area (Å²) in [5, 5.41) is 12.5. The molecule has 3 aliphatic rings. The summed E-state index contributed by atoms with van der Waals surface area (Å²) in [6.45, 7) is 2.77. The highest BCUT2D eigenvalue weighted by atomic mass is 32.2. The van der Waals surface area contributed by atoms with Crippen LogP contribution in [0.15, 0.2) is 48.0 Å². The van der Waals surface area contributed by atoms with E-state index in [0.29, 0.717) is 11.6 Å². The third-order valence-electron chi connectivity index (χ3n) is 7.78. The average molecular weight is 534 g/mol. The Bertz CT molecular complexity index is 1340.